The Bertz CT molecular complexity index is 623. The molecule has 0 radical (unpaired) electrons. The number of aromatic nitrogens is 1. The fourth-order valence-electron chi connectivity index (χ4n) is 2.09. The van der Waals surface area contributed by atoms with Gasteiger partial charge in [-0.2, -0.15) is 0 Å². The Morgan fingerprint density at radius 2 is 2.09 bits per heavy atom. The first-order chi connectivity index (χ1) is 10.7. The van der Waals surface area contributed by atoms with E-state index in [-0.39, 0.29) is 11.8 Å². The molecule has 1 heterocycles. The van der Waals surface area contributed by atoms with Gasteiger partial charge in [0.25, 0.3) is 0 Å². The fraction of sp³-hybridized carbons (Fsp3) is 0.733. The molecule has 1 atom stereocenters. The zero-order chi connectivity index (χ0) is 17.5. The molecule has 1 unspecified atom stereocenters. The number of sulfone groups is 1. The van der Waals surface area contributed by atoms with Crippen LogP contribution in [-0.2, 0) is 16.3 Å². The summed E-state index contributed by atoms with van der Waals surface area (Å²) in [4.78, 5) is 10.3. The molecular weight excluding hydrogens is 332 g/mol. The van der Waals surface area contributed by atoms with Crippen molar-refractivity contribution in [1.82, 2.24) is 15.6 Å². The zero-order valence-corrected chi connectivity index (χ0v) is 16.3. The highest BCUT2D eigenvalue weighted by atomic mass is 32.2. The second-order valence-corrected chi connectivity index (χ2v) is 9.26. The Morgan fingerprint density at radius 3 is 2.61 bits per heavy atom. The van der Waals surface area contributed by atoms with Crippen LogP contribution in [0.4, 0.5) is 0 Å². The lowest BCUT2D eigenvalue weighted by molar-refractivity contribution is 0.581. The van der Waals surface area contributed by atoms with Crippen LogP contribution in [0.1, 0.15) is 35.8 Å². The van der Waals surface area contributed by atoms with Crippen molar-refractivity contribution in [2.45, 2.75) is 46.6 Å². The molecule has 0 amide bonds. The monoisotopic (exact) mass is 360 g/mol. The molecule has 0 fully saturated rings. The summed E-state index contributed by atoms with van der Waals surface area (Å²) >= 11 is 1.72. The van der Waals surface area contributed by atoms with Crippen molar-refractivity contribution in [1.29, 1.82) is 0 Å². The van der Waals surface area contributed by atoms with E-state index in [0.29, 0.717) is 13.0 Å². The topological polar surface area (TPSA) is 83.4 Å². The van der Waals surface area contributed by atoms with E-state index in [1.807, 2.05) is 27.7 Å². The van der Waals surface area contributed by atoms with Gasteiger partial charge in [-0.15, -0.1) is 11.3 Å². The normalized spacial score (nSPS) is 13.9. The van der Waals surface area contributed by atoms with Gasteiger partial charge in [0.05, 0.1) is 16.5 Å². The smallest absolute Gasteiger partial charge is 0.191 e. The SMILES string of the molecule is CCNC(=NCCc1sc(C)nc1C)NC(C)CCS(C)(=O)=O. The van der Waals surface area contributed by atoms with E-state index in [1.54, 1.807) is 11.3 Å². The maximum Gasteiger partial charge on any atom is 0.191 e. The molecule has 0 spiro atoms. The number of guanidine groups is 1. The Labute approximate surface area is 143 Å². The molecule has 0 bridgehead atoms. The molecule has 0 saturated heterocycles. The van der Waals surface area contributed by atoms with Gasteiger partial charge in [0, 0.05) is 36.7 Å². The Hall–Kier alpha value is -1.15. The van der Waals surface area contributed by atoms with E-state index in [9.17, 15) is 8.42 Å². The number of nitrogens with zero attached hydrogens (tertiary/aromatic N) is 2. The van der Waals surface area contributed by atoms with E-state index >= 15 is 0 Å². The van der Waals surface area contributed by atoms with Crippen LogP contribution >= 0.6 is 11.3 Å². The molecule has 1 aromatic heterocycles. The largest absolute Gasteiger partial charge is 0.357 e. The third kappa shape index (κ3) is 8.31. The van der Waals surface area contributed by atoms with E-state index in [0.717, 1.165) is 29.6 Å². The van der Waals surface area contributed by atoms with Crippen molar-refractivity contribution < 1.29 is 8.42 Å². The first kappa shape index (κ1) is 19.9. The molecule has 23 heavy (non-hydrogen) atoms. The average molecular weight is 361 g/mol. The van der Waals surface area contributed by atoms with E-state index in [1.165, 1.54) is 11.1 Å². The van der Waals surface area contributed by atoms with Gasteiger partial charge in [0.2, 0.25) is 0 Å². The number of thiazole rings is 1. The highest BCUT2D eigenvalue weighted by molar-refractivity contribution is 7.90. The third-order valence-corrected chi connectivity index (χ3v) is 5.37. The van der Waals surface area contributed by atoms with Gasteiger partial charge >= 0.3 is 0 Å². The molecule has 0 aromatic carbocycles. The quantitative estimate of drug-likeness (QED) is 0.544. The Morgan fingerprint density at radius 1 is 1.39 bits per heavy atom. The summed E-state index contributed by atoms with van der Waals surface area (Å²) in [6, 6.07) is 0.0508. The first-order valence-electron chi connectivity index (χ1n) is 7.86. The van der Waals surface area contributed by atoms with Crippen LogP contribution in [-0.4, -0.2) is 50.5 Å². The number of nitrogens with one attached hydrogen (secondary N) is 2. The molecular formula is C15H28N4O2S2. The summed E-state index contributed by atoms with van der Waals surface area (Å²) in [5.41, 5.74) is 1.09. The number of aryl methyl sites for hydroxylation is 2. The summed E-state index contributed by atoms with van der Waals surface area (Å²) in [5.74, 6) is 0.910. The lowest BCUT2D eigenvalue weighted by Crippen LogP contribution is -2.43. The summed E-state index contributed by atoms with van der Waals surface area (Å²) in [7, 11) is -2.93. The average Bonchev–Trinajstić information content (AvgIpc) is 2.74. The van der Waals surface area contributed by atoms with Crippen LogP contribution in [0.15, 0.2) is 4.99 Å². The van der Waals surface area contributed by atoms with Crippen LogP contribution in [0.2, 0.25) is 0 Å². The van der Waals surface area contributed by atoms with Crippen molar-refractivity contribution in [3.05, 3.63) is 15.6 Å². The molecule has 2 N–H and O–H groups in total. The van der Waals surface area contributed by atoms with Crippen LogP contribution in [0, 0.1) is 13.8 Å². The van der Waals surface area contributed by atoms with Crippen LogP contribution in [0.3, 0.4) is 0 Å². The lowest BCUT2D eigenvalue weighted by Gasteiger charge is -2.17. The minimum absolute atomic E-state index is 0.0508. The Kier molecular flexibility index (Phi) is 7.98. The van der Waals surface area contributed by atoms with E-state index < -0.39 is 9.84 Å². The molecule has 8 heteroatoms. The molecule has 1 aromatic rings. The highest BCUT2D eigenvalue weighted by Crippen LogP contribution is 2.17. The minimum atomic E-state index is -2.93. The predicted octanol–water partition coefficient (Wildman–Crippen LogP) is 1.68. The van der Waals surface area contributed by atoms with Gasteiger partial charge < -0.3 is 10.6 Å². The highest BCUT2D eigenvalue weighted by Gasteiger charge is 2.10. The van der Waals surface area contributed by atoms with Gasteiger partial charge in [-0.25, -0.2) is 13.4 Å². The number of hydrogen-bond donors (Lipinski definition) is 2. The number of aliphatic imine (C=N–C) groups is 1. The number of rotatable bonds is 8. The van der Waals surface area contributed by atoms with Crippen molar-refractivity contribution in [3.8, 4) is 0 Å². The maximum atomic E-state index is 11.2. The fourth-order valence-corrected chi connectivity index (χ4v) is 3.80. The van der Waals surface area contributed by atoms with Crippen molar-refractivity contribution >= 4 is 27.1 Å². The molecule has 1 rings (SSSR count). The van der Waals surface area contributed by atoms with E-state index in [2.05, 4.69) is 20.6 Å². The molecule has 0 aliphatic heterocycles. The second kappa shape index (κ2) is 9.22. The van der Waals surface area contributed by atoms with Gasteiger partial charge in [0.1, 0.15) is 9.84 Å². The molecule has 0 aliphatic carbocycles. The summed E-state index contributed by atoms with van der Waals surface area (Å²) in [5, 5.41) is 7.54. The standard InChI is InChI=1S/C15H28N4O2S2/c1-6-16-15(18-11(2)8-10-23(5,20)21)17-9-7-14-12(3)19-13(4)22-14/h11H,6-10H2,1-5H3,(H2,16,17,18). The van der Waals surface area contributed by atoms with E-state index in [4.69, 9.17) is 0 Å². The number of hydrogen-bond acceptors (Lipinski definition) is 5. The minimum Gasteiger partial charge on any atom is -0.357 e. The third-order valence-electron chi connectivity index (χ3n) is 3.26. The summed E-state index contributed by atoms with van der Waals surface area (Å²) in [6.07, 6.45) is 2.69. The maximum absolute atomic E-state index is 11.2. The van der Waals surface area contributed by atoms with Crippen LogP contribution < -0.4 is 10.6 Å². The summed E-state index contributed by atoms with van der Waals surface area (Å²) < 4.78 is 22.5. The lowest BCUT2D eigenvalue weighted by atomic mass is 10.3. The zero-order valence-electron chi connectivity index (χ0n) is 14.6. The van der Waals surface area contributed by atoms with Crippen molar-refractivity contribution in [3.63, 3.8) is 0 Å². The molecule has 6 nitrogen and oxygen atoms in total. The van der Waals surface area contributed by atoms with Gasteiger partial charge in [-0.05, 0) is 34.1 Å². The van der Waals surface area contributed by atoms with Crippen LogP contribution in [0.25, 0.3) is 0 Å². The molecule has 0 aliphatic rings. The van der Waals surface area contributed by atoms with Gasteiger partial charge in [0.15, 0.2) is 5.96 Å². The van der Waals surface area contributed by atoms with Crippen molar-refractivity contribution in [2.75, 3.05) is 25.1 Å². The summed E-state index contributed by atoms with van der Waals surface area (Å²) in [6.45, 7) is 9.46. The molecule has 132 valence electrons. The first-order valence-corrected chi connectivity index (χ1v) is 10.7. The molecule has 0 saturated carbocycles. The van der Waals surface area contributed by atoms with Crippen LogP contribution in [0.5, 0.6) is 0 Å². The van der Waals surface area contributed by atoms with Gasteiger partial charge in [-0.1, -0.05) is 0 Å². The van der Waals surface area contributed by atoms with Crippen molar-refractivity contribution in [2.24, 2.45) is 4.99 Å². The Balaban J connectivity index is 2.54. The second-order valence-electron chi connectivity index (χ2n) is 5.72. The van der Waals surface area contributed by atoms with Gasteiger partial charge in [-0.3, -0.25) is 4.99 Å². The predicted molar refractivity (Wildman–Crippen MR) is 98.2 cm³/mol.